The fraction of sp³-hybridized carbons (Fsp3) is 0.583. The first-order valence-electron chi connectivity index (χ1n) is 5.78. The predicted octanol–water partition coefficient (Wildman–Crippen LogP) is 2.44. The van der Waals surface area contributed by atoms with Crippen LogP contribution >= 0.6 is 11.3 Å². The number of guanidine groups is 1. The van der Waals surface area contributed by atoms with E-state index < -0.39 is 0 Å². The molecule has 1 aliphatic rings. The molecule has 16 heavy (non-hydrogen) atoms. The molecule has 3 nitrogen and oxygen atoms in total. The zero-order chi connectivity index (χ0) is 11.5. The third kappa shape index (κ3) is 2.98. The van der Waals surface area contributed by atoms with Crippen molar-refractivity contribution in [1.82, 2.24) is 4.90 Å². The Kier molecular flexibility index (Phi) is 3.49. The average molecular weight is 237 g/mol. The minimum atomic E-state index is 0.267. The van der Waals surface area contributed by atoms with Crippen LogP contribution in [0.2, 0.25) is 0 Å². The molecule has 4 heteroatoms. The third-order valence-corrected chi connectivity index (χ3v) is 3.34. The highest BCUT2D eigenvalue weighted by molar-refractivity contribution is 7.07. The first kappa shape index (κ1) is 11.5. The van der Waals surface area contributed by atoms with Gasteiger partial charge in [0.25, 0.3) is 0 Å². The number of hydrogen-bond donors (Lipinski definition) is 1. The standard InChI is InChI=1S/C12H19N3S/c1-9(2)14-12(13)15(11-3-4-11)7-10-5-6-16-8-10/h5-6,8-9,11H,3-4,7H2,1-2H3,(H2,13,14). The van der Waals surface area contributed by atoms with E-state index in [1.165, 1.54) is 18.4 Å². The smallest absolute Gasteiger partial charge is 0.192 e. The van der Waals surface area contributed by atoms with Crippen LogP contribution in [0.5, 0.6) is 0 Å². The summed E-state index contributed by atoms with van der Waals surface area (Å²) in [4.78, 5) is 6.68. The van der Waals surface area contributed by atoms with Crippen molar-refractivity contribution in [3.05, 3.63) is 22.4 Å². The molecule has 88 valence electrons. The molecule has 0 atom stereocenters. The Morgan fingerprint density at radius 1 is 1.62 bits per heavy atom. The molecule has 2 N–H and O–H groups in total. The molecule has 1 aromatic heterocycles. The van der Waals surface area contributed by atoms with Crippen LogP contribution in [-0.2, 0) is 6.54 Å². The van der Waals surface area contributed by atoms with Gasteiger partial charge in [-0.1, -0.05) is 0 Å². The maximum atomic E-state index is 6.06. The van der Waals surface area contributed by atoms with Gasteiger partial charge in [-0.15, -0.1) is 0 Å². The topological polar surface area (TPSA) is 41.6 Å². The quantitative estimate of drug-likeness (QED) is 0.645. The summed E-state index contributed by atoms with van der Waals surface area (Å²) in [6.45, 7) is 5.02. The molecule has 1 fully saturated rings. The Bertz CT molecular complexity index is 352. The first-order chi connectivity index (χ1) is 7.66. The van der Waals surface area contributed by atoms with Gasteiger partial charge in [-0.3, -0.25) is 4.99 Å². The van der Waals surface area contributed by atoms with Gasteiger partial charge in [0.2, 0.25) is 0 Å². The van der Waals surface area contributed by atoms with Crippen LogP contribution < -0.4 is 5.73 Å². The second kappa shape index (κ2) is 4.87. The van der Waals surface area contributed by atoms with Crippen LogP contribution in [0.1, 0.15) is 32.3 Å². The van der Waals surface area contributed by atoms with Crippen LogP contribution in [-0.4, -0.2) is 22.9 Å². The summed E-state index contributed by atoms with van der Waals surface area (Å²) in [6, 6.07) is 3.04. The number of rotatable bonds is 4. The Morgan fingerprint density at radius 3 is 2.88 bits per heavy atom. The van der Waals surface area contributed by atoms with E-state index in [2.05, 4.69) is 40.6 Å². The summed E-state index contributed by atoms with van der Waals surface area (Å²) in [7, 11) is 0. The van der Waals surface area contributed by atoms with E-state index in [1.807, 2.05) is 0 Å². The molecular weight excluding hydrogens is 218 g/mol. The second-order valence-electron chi connectivity index (χ2n) is 4.57. The van der Waals surface area contributed by atoms with Crippen molar-refractivity contribution >= 4 is 17.3 Å². The maximum Gasteiger partial charge on any atom is 0.192 e. The SMILES string of the molecule is CC(C)N=C(N)N(Cc1ccsc1)C1CC1. The molecule has 0 aliphatic heterocycles. The normalized spacial score (nSPS) is 16.8. The van der Waals surface area contributed by atoms with Crippen molar-refractivity contribution in [2.24, 2.45) is 10.7 Å². The molecule has 0 radical (unpaired) electrons. The summed E-state index contributed by atoms with van der Waals surface area (Å²) >= 11 is 1.73. The van der Waals surface area contributed by atoms with E-state index in [9.17, 15) is 0 Å². The van der Waals surface area contributed by atoms with E-state index in [-0.39, 0.29) is 6.04 Å². The molecule has 2 rings (SSSR count). The third-order valence-electron chi connectivity index (χ3n) is 2.61. The fourth-order valence-corrected chi connectivity index (χ4v) is 2.36. The number of aliphatic imine (C=N–C) groups is 1. The highest BCUT2D eigenvalue weighted by Crippen LogP contribution is 2.28. The lowest BCUT2D eigenvalue weighted by Crippen LogP contribution is -2.39. The highest BCUT2D eigenvalue weighted by Gasteiger charge is 2.30. The van der Waals surface area contributed by atoms with Crippen LogP contribution in [0.25, 0.3) is 0 Å². The molecule has 1 saturated carbocycles. The lowest BCUT2D eigenvalue weighted by atomic mass is 10.3. The van der Waals surface area contributed by atoms with Crippen molar-refractivity contribution in [1.29, 1.82) is 0 Å². The Labute approximate surface area is 101 Å². The van der Waals surface area contributed by atoms with Gasteiger partial charge in [0.05, 0.1) is 0 Å². The number of hydrogen-bond acceptors (Lipinski definition) is 2. The predicted molar refractivity (Wildman–Crippen MR) is 69.6 cm³/mol. The summed E-state index contributed by atoms with van der Waals surface area (Å²) < 4.78 is 0. The van der Waals surface area contributed by atoms with E-state index >= 15 is 0 Å². The van der Waals surface area contributed by atoms with E-state index in [0.717, 1.165) is 6.54 Å². The summed E-state index contributed by atoms with van der Waals surface area (Å²) in [5.74, 6) is 0.698. The van der Waals surface area contributed by atoms with Crippen LogP contribution in [0.4, 0.5) is 0 Å². The lowest BCUT2D eigenvalue weighted by Gasteiger charge is -2.23. The minimum Gasteiger partial charge on any atom is -0.370 e. The van der Waals surface area contributed by atoms with Gasteiger partial charge in [0.15, 0.2) is 5.96 Å². The monoisotopic (exact) mass is 237 g/mol. The molecule has 0 bridgehead atoms. The Morgan fingerprint density at radius 2 is 2.38 bits per heavy atom. The summed E-state index contributed by atoms with van der Waals surface area (Å²) in [6.07, 6.45) is 2.50. The van der Waals surface area contributed by atoms with Crippen LogP contribution in [0.15, 0.2) is 21.8 Å². The molecule has 0 spiro atoms. The Hall–Kier alpha value is -1.03. The Balaban J connectivity index is 2.05. The maximum absolute atomic E-state index is 6.06. The van der Waals surface area contributed by atoms with Gasteiger partial charge in [-0.05, 0) is 49.1 Å². The summed E-state index contributed by atoms with van der Waals surface area (Å²) in [5, 5.41) is 4.29. The van der Waals surface area contributed by atoms with E-state index in [0.29, 0.717) is 12.0 Å². The minimum absolute atomic E-state index is 0.267. The molecule has 0 aromatic carbocycles. The first-order valence-corrected chi connectivity index (χ1v) is 6.72. The van der Waals surface area contributed by atoms with Gasteiger partial charge in [-0.25, -0.2) is 0 Å². The summed E-state index contributed by atoms with van der Waals surface area (Å²) in [5.41, 5.74) is 7.39. The molecule has 1 aliphatic carbocycles. The van der Waals surface area contributed by atoms with Crippen LogP contribution in [0.3, 0.4) is 0 Å². The number of thiophene rings is 1. The molecule has 1 heterocycles. The zero-order valence-electron chi connectivity index (χ0n) is 9.89. The van der Waals surface area contributed by atoms with Gasteiger partial charge in [-0.2, -0.15) is 11.3 Å². The van der Waals surface area contributed by atoms with Crippen molar-refractivity contribution < 1.29 is 0 Å². The van der Waals surface area contributed by atoms with Gasteiger partial charge in [0, 0.05) is 18.6 Å². The van der Waals surface area contributed by atoms with Crippen molar-refractivity contribution in [2.75, 3.05) is 0 Å². The largest absolute Gasteiger partial charge is 0.370 e. The molecular formula is C12H19N3S. The molecule has 0 saturated heterocycles. The number of nitrogens with two attached hydrogens (primary N) is 1. The van der Waals surface area contributed by atoms with E-state index in [1.54, 1.807) is 11.3 Å². The number of nitrogens with zero attached hydrogens (tertiary/aromatic N) is 2. The molecule has 0 unspecified atom stereocenters. The average Bonchev–Trinajstić information content (AvgIpc) is 2.91. The lowest BCUT2D eigenvalue weighted by molar-refractivity contribution is 0.396. The van der Waals surface area contributed by atoms with Crippen molar-refractivity contribution in [3.63, 3.8) is 0 Å². The second-order valence-corrected chi connectivity index (χ2v) is 5.35. The van der Waals surface area contributed by atoms with Gasteiger partial charge < -0.3 is 10.6 Å². The van der Waals surface area contributed by atoms with Crippen LogP contribution in [0, 0.1) is 0 Å². The fourth-order valence-electron chi connectivity index (χ4n) is 1.70. The molecule has 1 aromatic rings. The van der Waals surface area contributed by atoms with Crippen molar-refractivity contribution in [3.8, 4) is 0 Å². The van der Waals surface area contributed by atoms with Gasteiger partial charge in [0.1, 0.15) is 0 Å². The highest BCUT2D eigenvalue weighted by atomic mass is 32.1. The molecule has 0 amide bonds. The van der Waals surface area contributed by atoms with Crippen molar-refractivity contribution in [2.45, 2.75) is 45.3 Å². The zero-order valence-corrected chi connectivity index (χ0v) is 10.7. The van der Waals surface area contributed by atoms with Gasteiger partial charge >= 0.3 is 0 Å². The van der Waals surface area contributed by atoms with E-state index in [4.69, 9.17) is 5.73 Å².